The van der Waals surface area contributed by atoms with Gasteiger partial charge in [0.05, 0.1) is 38.2 Å². The molecular weight excluding hydrogens is 638 g/mol. The van der Waals surface area contributed by atoms with Crippen LogP contribution >= 0.6 is 0 Å². The number of nitrogens with one attached hydrogen (secondary N) is 1. The predicted octanol–water partition coefficient (Wildman–Crippen LogP) is 7.49. The van der Waals surface area contributed by atoms with Gasteiger partial charge in [0.25, 0.3) is 0 Å². The minimum atomic E-state index is -1.18. The van der Waals surface area contributed by atoms with Crippen molar-refractivity contribution in [2.45, 2.75) is 51.2 Å². The number of allylic oxidation sites excluding steroid dienone is 1. The number of para-hydroxylation sites is 3. The number of benzene rings is 4. The van der Waals surface area contributed by atoms with Crippen LogP contribution in [0.4, 0.5) is 11.4 Å². The molecule has 4 aromatic rings. The Balaban J connectivity index is 1.24. The summed E-state index contributed by atoms with van der Waals surface area (Å²) in [4.78, 5) is 32.8. The van der Waals surface area contributed by atoms with Crippen LogP contribution in [0, 0.1) is 11.3 Å². The quantitative estimate of drug-likeness (QED) is 0.199. The number of nitrogens with zero attached hydrogens (tertiary/aromatic N) is 2. The molecule has 1 saturated heterocycles. The Morgan fingerprint density at radius 1 is 0.843 bits per heavy atom. The van der Waals surface area contributed by atoms with E-state index in [1.54, 1.807) is 14.2 Å². The monoisotopic (exact) mass is 685 g/mol. The number of piperidine rings is 1. The van der Waals surface area contributed by atoms with Crippen LogP contribution < -0.4 is 19.7 Å². The molecule has 8 heteroatoms. The Morgan fingerprint density at radius 3 is 2.10 bits per heavy atom. The van der Waals surface area contributed by atoms with Crippen molar-refractivity contribution in [3.8, 4) is 11.5 Å². The molecule has 1 unspecified atom stereocenters. The maximum atomic E-state index is 14.5. The molecule has 0 spiro atoms. The third-order valence-electron chi connectivity index (χ3n) is 10.9. The number of fused-ring (bicyclic) bond motifs is 1. The highest BCUT2D eigenvalue weighted by molar-refractivity contribution is 6.02. The molecule has 1 amide bonds. The molecular formula is C43H47N3O5. The summed E-state index contributed by atoms with van der Waals surface area (Å²) in [6.45, 7) is 5.30. The fourth-order valence-corrected chi connectivity index (χ4v) is 8.49. The van der Waals surface area contributed by atoms with E-state index in [9.17, 15) is 14.7 Å². The zero-order chi connectivity index (χ0) is 35.8. The van der Waals surface area contributed by atoms with Crippen molar-refractivity contribution in [1.29, 1.82) is 0 Å². The molecule has 0 aromatic heterocycles. The van der Waals surface area contributed by atoms with Gasteiger partial charge in [0.1, 0.15) is 5.60 Å². The maximum Gasteiger partial charge on any atom is 0.242 e. The first-order chi connectivity index (χ1) is 24.6. The first-order valence-electron chi connectivity index (χ1n) is 17.9. The van der Waals surface area contributed by atoms with E-state index >= 15 is 0 Å². The number of ether oxygens (including phenoxy) is 2. The summed E-state index contributed by atoms with van der Waals surface area (Å²) in [5.74, 6) is 1.03. The molecule has 1 atom stereocenters. The second kappa shape index (κ2) is 13.9. The molecule has 0 bridgehead atoms. The summed E-state index contributed by atoms with van der Waals surface area (Å²) in [6, 6.07) is 32.8. The molecule has 4 aromatic carbocycles. The molecule has 7 rings (SSSR count). The van der Waals surface area contributed by atoms with E-state index in [2.05, 4.69) is 24.1 Å². The van der Waals surface area contributed by atoms with E-state index in [1.807, 2.05) is 108 Å². The van der Waals surface area contributed by atoms with Gasteiger partial charge >= 0.3 is 0 Å². The van der Waals surface area contributed by atoms with Crippen LogP contribution in [0.25, 0.3) is 0 Å². The Hall–Kier alpha value is -5.08. The summed E-state index contributed by atoms with van der Waals surface area (Å²) in [5.41, 5.74) is 4.27. The van der Waals surface area contributed by atoms with Gasteiger partial charge in [0.15, 0.2) is 17.3 Å². The van der Waals surface area contributed by atoms with E-state index in [4.69, 9.17) is 9.47 Å². The first-order valence-corrected chi connectivity index (χ1v) is 17.9. The lowest BCUT2D eigenvalue weighted by Gasteiger charge is -2.43. The van der Waals surface area contributed by atoms with Gasteiger partial charge in [-0.1, -0.05) is 98.8 Å². The zero-order valence-corrected chi connectivity index (χ0v) is 29.9. The molecule has 3 aliphatic rings. The number of anilines is 2. The van der Waals surface area contributed by atoms with Crippen molar-refractivity contribution in [2.24, 2.45) is 11.3 Å². The van der Waals surface area contributed by atoms with E-state index in [-0.39, 0.29) is 29.6 Å². The highest BCUT2D eigenvalue weighted by atomic mass is 16.5. The predicted molar refractivity (Wildman–Crippen MR) is 200 cm³/mol. The number of hydrogen-bond donors (Lipinski definition) is 2. The highest BCUT2D eigenvalue weighted by Crippen LogP contribution is 2.51. The number of Topliss-reactive ketones (excluding diaryl/α,β-unsaturated/α-hetero) is 1. The minimum Gasteiger partial charge on any atom is -0.493 e. The average Bonchev–Trinajstić information content (AvgIpc) is 3.28. The third-order valence-corrected chi connectivity index (χ3v) is 10.9. The second-order valence-electron chi connectivity index (χ2n) is 14.7. The number of likely N-dealkylation sites (tertiary alicyclic amines) is 1. The number of hydrogen-bond acceptors (Lipinski definition) is 7. The van der Waals surface area contributed by atoms with Crippen molar-refractivity contribution < 1.29 is 24.2 Å². The molecule has 1 fully saturated rings. The molecule has 1 aliphatic carbocycles. The van der Waals surface area contributed by atoms with E-state index in [0.717, 1.165) is 33.8 Å². The lowest BCUT2D eigenvalue weighted by atomic mass is 9.72. The number of amides is 1. The van der Waals surface area contributed by atoms with Crippen molar-refractivity contribution >= 4 is 23.1 Å². The van der Waals surface area contributed by atoms with Crippen LogP contribution in [0.5, 0.6) is 11.5 Å². The third kappa shape index (κ3) is 6.38. The summed E-state index contributed by atoms with van der Waals surface area (Å²) >= 11 is 0. The first kappa shape index (κ1) is 34.4. The molecule has 2 aliphatic heterocycles. The molecule has 2 N–H and O–H groups in total. The van der Waals surface area contributed by atoms with E-state index in [0.29, 0.717) is 55.8 Å². The normalized spacial score (nSPS) is 19.1. The Labute approximate surface area is 300 Å². The molecule has 264 valence electrons. The summed E-state index contributed by atoms with van der Waals surface area (Å²) < 4.78 is 11.7. The summed E-state index contributed by atoms with van der Waals surface area (Å²) in [5, 5.41) is 16.1. The van der Waals surface area contributed by atoms with Crippen molar-refractivity contribution in [2.75, 3.05) is 44.1 Å². The van der Waals surface area contributed by atoms with Crippen LogP contribution in [0.15, 0.2) is 114 Å². The molecule has 0 radical (unpaired) electrons. The number of aliphatic hydroxyl groups is 1. The maximum absolute atomic E-state index is 14.5. The smallest absolute Gasteiger partial charge is 0.242 e. The van der Waals surface area contributed by atoms with Crippen LogP contribution in [0.3, 0.4) is 0 Å². The lowest BCUT2D eigenvalue weighted by Crippen LogP contribution is -2.49. The van der Waals surface area contributed by atoms with Crippen molar-refractivity contribution in [3.63, 3.8) is 0 Å². The van der Waals surface area contributed by atoms with E-state index < -0.39 is 11.6 Å². The Bertz CT molecular complexity index is 1890. The fourth-order valence-electron chi connectivity index (χ4n) is 8.49. The average molecular weight is 686 g/mol. The number of carbonyl (C=O) groups is 2. The number of methoxy groups -OCH3 is 2. The molecule has 8 nitrogen and oxygen atoms in total. The van der Waals surface area contributed by atoms with Gasteiger partial charge in [-0.05, 0) is 59.9 Å². The van der Waals surface area contributed by atoms with Crippen LogP contribution in [0.1, 0.15) is 62.3 Å². The molecule has 51 heavy (non-hydrogen) atoms. The van der Waals surface area contributed by atoms with Gasteiger partial charge in [-0.25, -0.2) is 0 Å². The fraction of sp³-hybridized carbons (Fsp3) is 0.349. The van der Waals surface area contributed by atoms with Gasteiger partial charge in [-0.3, -0.25) is 9.59 Å². The van der Waals surface area contributed by atoms with Gasteiger partial charge < -0.3 is 29.7 Å². The highest BCUT2D eigenvalue weighted by Gasteiger charge is 2.45. The Morgan fingerprint density at radius 2 is 1.47 bits per heavy atom. The standard InChI is InChI=1S/C43H47N3O5/c1-42(2)26-34-39(36(47)27-42)40(32-18-13-21-37(50-3)41(32)51-4)46(35-20-12-11-19-33(35)44-34)28-38(48)45-24-22-31(23-25-45)43(49,29-14-7-5-8-15-29)30-16-9-6-10-17-30/h5-21,31,40,44,49H,22-28H2,1-4H3. The van der Waals surface area contributed by atoms with Crippen LogP contribution in [-0.4, -0.2) is 55.6 Å². The van der Waals surface area contributed by atoms with Crippen LogP contribution in [-0.2, 0) is 15.2 Å². The summed E-state index contributed by atoms with van der Waals surface area (Å²) in [6.07, 6.45) is 2.36. The molecule has 2 heterocycles. The van der Waals surface area contributed by atoms with E-state index in [1.165, 1.54) is 0 Å². The zero-order valence-electron chi connectivity index (χ0n) is 29.9. The van der Waals surface area contributed by atoms with Gasteiger partial charge in [-0.2, -0.15) is 0 Å². The summed E-state index contributed by atoms with van der Waals surface area (Å²) in [7, 11) is 3.21. The number of rotatable bonds is 8. The largest absolute Gasteiger partial charge is 0.493 e. The second-order valence-corrected chi connectivity index (χ2v) is 14.7. The topological polar surface area (TPSA) is 91.3 Å². The molecule has 0 saturated carbocycles. The SMILES string of the molecule is COc1cccc(C2C3=C(CC(C)(C)CC3=O)Nc3ccccc3N2CC(=O)N2CCC(C(O)(c3ccccc3)c3ccccc3)CC2)c1OC. The lowest BCUT2D eigenvalue weighted by molar-refractivity contribution is -0.132. The number of carbonyl (C=O) groups excluding carboxylic acids is 2. The van der Waals surface area contributed by atoms with Gasteiger partial charge in [0.2, 0.25) is 5.91 Å². The van der Waals surface area contributed by atoms with Gasteiger partial charge in [0, 0.05) is 36.3 Å². The number of ketones is 1. The minimum absolute atomic E-state index is 0.0364. The van der Waals surface area contributed by atoms with Crippen molar-refractivity contribution in [1.82, 2.24) is 4.90 Å². The van der Waals surface area contributed by atoms with Gasteiger partial charge in [-0.15, -0.1) is 0 Å². The Kier molecular flexibility index (Phi) is 9.38. The van der Waals surface area contributed by atoms with Crippen molar-refractivity contribution in [3.05, 3.63) is 131 Å². The van der Waals surface area contributed by atoms with Crippen LogP contribution in [0.2, 0.25) is 0 Å².